The largest absolute Gasteiger partial charge is 0.480 e. The molecule has 0 spiro atoms. The van der Waals surface area contributed by atoms with Crippen LogP contribution in [-0.4, -0.2) is 34.1 Å². The molecule has 1 aromatic carbocycles. The summed E-state index contributed by atoms with van der Waals surface area (Å²) in [6.07, 6.45) is 2.19. The summed E-state index contributed by atoms with van der Waals surface area (Å²) >= 11 is 0. The van der Waals surface area contributed by atoms with Gasteiger partial charge < -0.3 is 15.3 Å². The zero-order chi connectivity index (χ0) is 14.6. The lowest BCUT2D eigenvalue weighted by atomic mass is 9.89. The van der Waals surface area contributed by atoms with Gasteiger partial charge in [0.25, 0.3) is 0 Å². The molecule has 0 radical (unpaired) electrons. The highest BCUT2D eigenvalue weighted by Crippen LogP contribution is 2.28. The first-order valence-corrected chi connectivity index (χ1v) is 6.87. The van der Waals surface area contributed by atoms with Gasteiger partial charge in [-0.15, -0.1) is 0 Å². The van der Waals surface area contributed by atoms with Crippen LogP contribution in [0.3, 0.4) is 0 Å². The molecule has 1 fully saturated rings. The lowest BCUT2D eigenvalue weighted by Crippen LogP contribution is -2.59. The van der Waals surface area contributed by atoms with Crippen molar-refractivity contribution in [3.8, 4) is 0 Å². The number of nitrogens with one attached hydrogen (secondary N) is 1. The molecule has 2 amide bonds. The molecule has 1 aliphatic heterocycles. The second kappa shape index (κ2) is 5.94. The average Bonchev–Trinajstić information content (AvgIpc) is 2.46. The number of urea groups is 1. The molecule has 2 N–H and O–H groups in total. The van der Waals surface area contributed by atoms with Crippen LogP contribution >= 0.6 is 0 Å². The molecule has 20 heavy (non-hydrogen) atoms. The van der Waals surface area contributed by atoms with E-state index in [0.29, 0.717) is 19.5 Å². The van der Waals surface area contributed by atoms with E-state index < -0.39 is 11.5 Å². The van der Waals surface area contributed by atoms with E-state index in [9.17, 15) is 14.7 Å². The number of carboxylic acid groups (broad SMARTS) is 1. The molecule has 1 atom stereocenters. The molecule has 5 nitrogen and oxygen atoms in total. The second-order valence-electron chi connectivity index (χ2n) is 5.33. The van der Waals surface area contributed by atoms with E-state index in [4.69, 9.17) is 0 Å². The van der Waals surface area contributed by atoms with Crippen LogP contribution in [0.4, 0.5) is 4.79 Å². The zero-order valence-corrected chi connectivity index (χ0v) is 11.6. The highest BCUT2D eigenvalue weighted by Gasteiger charge is 2.43. The Kier molecular flexibility index (Phi) is 4.27. The van der Waals surface area contributed by atoms with Crippen molar-refractivity contribution < 1.29 is 14.7 Å². The molecule has 1 unspecified atom stereocenters. The first kappa shape index (κ1) is 14.4. The quantitative estimate of drug-likeness (QED) is 0.889. The van der Waals surface area contributed by atoms with Gasteiger partial charge in [0.1, 0.15) is 5.54 Å². The van der Waals surface area contributed by atoms with Gasteiger partial charge in [-0.2, -0.15) is 0 Å². The van der Waals surface area contributed by atoms with Crippen LogP contribution in [0.2, 0.25) is 0 Å². The Morgan fingerprint density at radius 2 is 2.00 bits per heavy atom. The fourth-order valence-electron chi connectivity index (χ4n) is 2.54. The van der Waals surface area contributed by atoms with Crippen molar-refractivity contribution in [2.75, 3.05) is 6.54 Å². The van der Waals surface area contributed by atoms with Crippen molar-refractivity contribution >= 4 is 12.0 Å². The summed E-state index contributed by atoms with van der Waals surface area (Å²) in [5, 5.41) is 12.2. The Morgan fingerprint density at radius 1 is 1.30 bits per heavy atom. The minimum Gasteiger partial charge on any atom is -0.480 e. The van der Waals surface area contributed by atoms with E-state index in [2.05, 4.69) is 5.32 Å². The van der Waals surface area contributed by atoms with Gasteiger partial charge in [-0.05, 0) is 31.7 Å². The maximum absolute atomic E-state index is 12.2. The highest BCUT2D eigenvalue weighted by atomic mass is 16.4. The number of carbonyl (C=O) groups excluding carboxylic acids is 1. The Bertz CT molecular complexity index is 489. The summed E-state index contributed by atoms with van der Waals surface area (Å²) in [7, 11) is 0. The fourth-order valence-corrected chi connectivity index (χ4v) is 2.54. The van der Waals surface area contributed by atoms with E-state index in [-0.39, 0.29) is 6.03 Å². The third-order valence-electron chi connectivity index (χ3n) is 3.88. The van der Waals surface area contributed by atoms with Crippen LogP contribution in [0, 0.1) is 0 Å². The summed E-state index contributed by atoms with van der Waals surface area (Å²) in [6.45, 7) is 2.52. The Labute approximate surface area is 118 Å². The predicted molar refractivity (Wildman–Crippen MR) is 75.3 cm³/mol. The number of likely N-dealkylation sites (tertiary alicyclic amines) is 1. The van der Waals surface area contributed by atoms with Crippen LogP contribution in [0.25, 0.3) is 0 Å². The first-order chi connectivity index (χ1) is 9.54. The smallest absolute Gasteiger partial charge is 0.329 e. The molecule has 5 heteroatoms. The monoisotopic (exact) mass is 276 g/mol. The van der Waals surface area contributed by atoms with E-state index >= 15 is 0 Å². The summed E-state index contributed by atoms with van der Waals surface area (Å²) in [4.78, 5) is 25.1. The molecule has 1 saturated heterocycles. The van der Waals surface area contributed by atoms with Gasteiger partial charge in [-0.3, -0.25) is 0 Å². The van der Waals surface area contributed by atoms with Gasteiger partial charge in [0.15, 0.2) is 0 Å². The summed E-state index contributed by atoms with van der Waals surface area (Å²) in [5.74, 6) is -0.938. The van der Waals surface area contributed by atoms with Gasteiger partial charge in [0.05, 0.1) is 0 Å². The molecule has 0 bridgehead atoms. The topological polar surface area (TPSA) is 69.6 Å². The van der Waals surface area contributed by atoms with Crippen molar-refractivity contribution in [2.45, 2.75) is 38.3 Å². The third kappa shape index (κ3) is 2.92. The fraction of sp³-hybridized carbons (Fsp3) is 0.467. The van der Waals surface area contributed by atoms with Crippen LogP contribution < -0.4 is 5.32 Å². The van der Waals surface area contributed by atoms with E-state index in [1.807, 2.05) is 30.3 Å². The minimum atomic E-state index is -1.10. The maximum Gasteiger partial charge on any atom is 0.329 e. The molecule has 1 aliphatic rings. The van der Waals surface area contributed by atoms with Crippen molar-refractivity contribution in [1.82, 2.24) is 10.2 Å². The normalized spacial score (nSPS) is 22.4. The Hall–Kier alpha value is -2.04. The average molecular weight is 276 g/mol. The standard InChI is InChI=1S/C15H20N2O3/c1-15(13(18)19)9-5-6-10-17(15)14(20)16-11-12-7-3-2-4-8-12/h2-4,7-8H,5-6,9-11H2,1H3,(H,16,20)(H,18,19). The lowest BCUT2D eigenvalue weighted by Gasteiger charge is -2.41. The summed E-state index contributed by atoms with van der Waals surface area (Å²) in [5.41, 5.74) is -0.103. The predicted octanol–water partition coefficient (Wildman–Crippen LogP) is 2.23. The zero-order valence-electron chi connectivity index (χ0n) is 11.6. The van der Waals surface area contributed by atoms with E-state index in [1.54, 1.807) is 6.92 Å². The van der Waals surface area contributed by atoms with Crippen LogP contribution in [0.5, 0.6) is 0 Å². The van der Waals surface area contributed by atoms with E-state index in [1.165, 1.54) is 4.90 Å². The van der Waals surface area contributed by atoms with Gasteiger partial charge in [-0.25, -0.2) is 9.59 Å². The van der Waals surface area contributed by atoms with Gasteiger partial charge in [0, 0.05) is 13.1 Å². The first-order valence-electron chi connectivity index (χ1n) is 6.87. The van der Waals surface area contributed by atoms with Crippen molar-refractivity contribution in [3.05, 3.63) is 35.9 Å². The van der Waals surface area contributed by atoms with Gasteiger partial charge in [-0.1, -0.05) is 30.3 Å². The van der Waals surface area contributed by atoms with Crippen molar-refractivity contribution in [1.29, 1.82) is 0 Å². The molecule has 0 saturated carbocycles. The molecule has 0 aromatic heterocycles. The molecular weight excluding hydrogens is 256 g/mol. The summed E-state index contributed by atoms with van der Waals surface area (Å²) < 4.78 is 0. The number of rotatable bonds is 3. The number of carbonyl (C=O) groups is 2. The number of carboxylic acids is 1. The molecule has 0 aliphatic carbocycles. The van der Waals surface area contributed by atoms with Gasteiger partial charge in [0.2, 0.25) is 0 Å². The number of benzene rings is 1. The SMILES string of the molecule is CC1(C(=O)O)CCCCN1C(=O)NCc1ccccc1. The van der Waals surface area contributed by atoms with Crippen LogP contribution in [-0.2, 0) is 11.3 Å². The highest BCUT2D eigenvalue weighted by molar-refractivity contribution is 5.86. The van der Waals surface area contributed by atoms with E-state index in [0.717, 1.165) is 18.4 Å². The molecular formula is C15H20N2O3. The number of nitrogens with zero attached hydrogens (tertiary/aromatic N) is 1. The van der Waals surface area contributed by atoms with Crippen molar-refractivity contribution in [2.24, 2.45) is 0 Å². The van der Waals surface area contributed by atoms with Crippen LogP contribution in [0.15, 0.2) is 30.3 Å². The Morgan fingerprint density at radius 3 is 2.65 bits per heavy atom. The van der Waals surface area contributed by atoms with Crippen LogP contribution in [0.1, 0.15) is 31.7 Å². The molecule has 2 rings (SSSR count). The molecule has 108 valence electrons. The number of amides is 2. The second-order valence-corrected chi connectivity index (χ2v) is 5.33. The maximum atomic E-state index is 12.2. The Balaban J connectivity index is 2.02. The summed E-state index contributed by atoms with van der Waals surface area (Å²) in [6, 6.07) is 9.27. The van der Waals surface area contributed by atoms with Gasteiger partial charge >= 0.3 is 12.0 Å². The number of hydrogen-bond donors (Lipinski definition) is 2. The molecule has 1 aromatic rings. The number of aliphatic carboxylic acids is 1. The number of hydrogen-bond acceptors (Lipinski definition) is 2. The lowest BCUT2D eigenvalue weighted by molar-refractivity contribution is -0.150. The minimum absolute atomic E-state index is 0.307. The van der Waals surface area contributed by atoms with Crippen molar-refractivity contribution in [3.63, 3.8) is 0 Å². The molecule has 1 heterocycles. The number of piperidine rings is 1. The third-order valence-corrected chi connectivity index (χ3v) is 3.88.